The van der Waals surface area contributed by atoms with Gasteiger partial charge in [-0.05, 0) is 30.2 Å². The summed E-state index contributed by atoms with van der Waals surface area (Å²) in [6, 6.07) is 3.24. The van der Waals surface area contributed by atoms with Gasteiger partial charge in [0.05, 0.1) is 6.61 Å². The molecule has 0 radical (unpaired) electrons. The smallest absolute Gasteiger partial charge is 0.239 e. The molecule has 17 heavy (non-hydrogen) atoms. The van der Waals surface area contributed by atoms with Crippen molar-refractivity contribution in [3.05, 3.63) is 23.8 Å². The number of nitrogens with two attached hydrogens (primary N) is 1. The SMILES string of the molecule is NC(CO)C(=O)NCCc1cc(O)ccc1O. The number of phenols is 2. The summed E-state index contributed by atoms with van der Waals surface area (Å²) in [6.45, 7) is -0.146. The Labute approximate surface area is 98.7 Å². The molecule has 6 nitrogen and oxygen atoms in total. The summed E-state index contributed by atoms with van der Waals surface area (Å²) in [5, 5.41) is 29.8. The summed E-state index contributed by atoms with van der Waals surface area (Å²) >= 11 is 0. The van der Waals surface area contributed by atoms with Crippen molar-refractivity contribution in [3.8, 4) is 11.5 Å². The second-order valence-electron chi connectivity index (χ2n) is 3.64. The number of amides is 1. The molecule has 0 saturated heterocycles. The standard InChI is InChI=1S/C11H16N2O4/c12-9(6-14)11(17)13-4-3-7-5-8(15)1-2-10(7)16/h1-2,5,9,14-16H,3-4,6,12H2,(H,13,17). The molecule has 0 aromatic heterocycles. The fraction of sp³-hybridized carbons (Fsp3) is 0.364. The van der Waals surface area contributed by atoms with Crippen molar-refractivity contribution in [2.45, 2.75) is 12.5 Å². The number of aromatic hydroxyl groups is 2. The topological polar surface area (TPSA) is 116 Å². The van der Waals surface area contributed by atoms with Crippen LogP contribution in [0.1, 0.15) is 5.56 Å². The maximum absolute atomic E-state index is 11.2. The summed E-state index contributed by atoms with van der Waals surface area (Å²) < 4.78 is 0. The van der Waals surface area contributed by atoms with E-state index in [9.17, 15) is 15.0 Å². The first kappa shape index (κ1) is 13.3. The van der Waals surface area contributed by atoms with Crippen LogP contribution in [0.25, 0.3) is 0 Å². The number of hydrogen-bond donors (Lipinski definition) is 5. The maximum Gasteiger partial charge on any atom is 0.239 e. The van der Waals surface area contributed by atoms with Gasteiger partial charge in [-0.15, -0.1) is 0 Å². The molecule has 1 unspecified atom stereocenters. The molecule has 0 bridgehead atoms. The highest BCUT2D eigenvalue weighted by molar-refractivity contribution is 5.81. The molecule has 0 aliphatic heterocycles. The molecule has 0 aliphatic rings. The summed E-state index contributed by atoms with van der Waals surface area (Å²) in [7, 11) is 0. The van der Waals surface area contributed by atoms with Crippen molar-refractivity contribution in [1.29, 1.82) is 0 Å². The summed E-state index contributed by atoms with van der Waals surface area (Å²) in [5.41, 5.74) is 5.83. The van der Waals surface area contributed by atoms with Gasteiger partial charge in [0, 0.05) is 6.54 Å². The lowest BCUT2D eigenvalue weighted by Crippen LogP contribution is -2.43. The van der Waals surface area contributed by atoms with Crippen molar-refractivity contribution in [2.24, 2.45) is 5.73 Å². The normalized spacial score (nSPS) is 12.1. The molecule has 1 aromatic carbocycles. The number of aliphatic hydroxyl groups is 1. The summed E-state index contributed by atoms with van der Waals surface area (Å²) in [5.74, 6) is -0.341. The quantitative estimate of drug-likeness (QED) is 0.427. The highest BCUT2D eigenvalue weighted by Crippen LogP contribution is 2.21. The van der Waals surface area contributed by atoms with Crippen LogP contribution in [0.5, 0.6) is 11.5 Å². The van der Waals surface area contributed by atoms with E-state index >= 15 is 0 Å². The van der Waals surface area contributed by atoms with Crippen LogP contribution >= 0.6 is 0 Å². The molecule has 94 valence electrons. The van der Waals surface area contributed by atoms with E-state index in [1.807, 2.05) is 0 Å². The van der Waals surface area contributed by atoms with Crippen molar-refractivity contribution in [1.82, 2.24) is 5.32 Å². The number of phenolic OH excluding ortho intramolecular Hbond substituents is 2. The number of rotatable bonds is 5. The Morgan fingerprint density at radius 2 is 2.12 bits per heavy atom. The third kappa shape index (κ3) is 3.93. The largest absolute Gasteiger partial charge is 0.508 e. The van der Waals surface area contributed by atoms with Gasteiger partial charge < -0.3 is 26.4 Å². The zero-order valence-electron chi connectivity index (χ0n) is 9.26. The average molecular weight is 240 g/mol. The van der Waals surface area contributed by atoms with Gasteiger partial charge in [-0.1, -0.05) is 0 Å². The van der Waals surface area contributed by atoms with Crippen molar-refractivity contribution in [3.63, 3.8) is 0 Å². The highest BCUT2D eigenvalue weighted by atomic mass is 16.3. The van der Waals surface area contributed by atoms with Gasteiger partial charge in [0.15, 0.2) is 0 Å². The predicted octanol–water partition coefficient (Wildman–Crippen LogP) is -0.924. The van der Waals surface area contributed by atoms with E-state index in [1.54, 1.807) is 0 Å². The Morgan fingerprint density at radius 3 is 2.76 bits per heavy atom. The lowest BCUT2D eigenvalue weighted by Gasteiger charge is -2.10. The summed E-state index contributed by atoms with van der Waals surface area (Å²) in [4.78, 5) is 11.2. The minimum absolute atomic E-state index is 0.0520. The van der Waals surface area contributed by atoms with Crippen molar-refractivity contribution < 1.29 is 20.1 Å². The molecule has 1 atom stereocenters. The second-order valence-corrected chi connectivity index (χ2v) is 3.64. The molecule has 0 fully saturated rings. The number of hydrogen-bond acceptors (Lipinski definition) is 5. The molecule has 6 heteroatoms. The van der Waals surface area contributed by atoms with E-state index in [0.29, 0.717) is 12.0 Å². The first-order chi connectivity index (χ1) is 8.04. The highest BCUT2D eigenvalue weighted by Gasteiger charge is 2.11. The Morgan fingerprint density at radius 1 is 1.41 bits per heavy atom. The number of benzene rings is 1. The minimum atomic E-state index is -0.937. The lowest BCUT2D eigenvalue weighted by atomic mass is 10.1. The van der Waals surface area contributed by atoms with Crippen molar-refractivity contribution >= 4 is 5.91 Å². The van der Waals surface area contributed by atoms with E-state index in [4.69, 9.17) is 10.8 Å². The Kier molecular flexibility index (Phi) is 4.74. The van der Waals surface area contributed by atoms with Gasteiger partial charge in [0.1, 0.15) is 17.5 Å². The van der Waals surface area contributed by atoms with Gasteiger partial charge in [-0.25, -0.2) is 0 Å². The summed E-state index contributed by atoms with van der Waals surface area (Å²) in [6.07, 6.45) is 0.365. The van der Waals surface area contributed by atoms with Crippen LogP contribution in [-0.4, -0.2) is 40.4 Å². The number of carbonyl (C=O) groups excluding carboxylic acids is 1. The fourth-order valence-corrected chi connectivity index (χ4v) is 1.31. The predicted molar refractivity (Wildman–Crippen MR) is 61.5 cm³/mol. The van der Waals surface area contributed by atoms with E-state index in [1.165, 1.54) is 18.2 Å². The third-order valence-corrected chi connectivity index (χ3v) is 2.29. The van der Waals surface area contributed by atoms with E-state index in [0.717, 1.165) is 0 Å². The molecular weight excluding hydrogens is 224 g/mol. The molecule has 6 N–H and O–H groups in total. The first-order valence-electron chi connectivity index (χ1n) is 5.19. The minimum Gasteiger partial charge on any atom is -0.508 e. The van der Waals surface area contributed by atoms with Crippen LogP contribution in [0.4, 0.5) is 0 Å². The number of aliphatic hydroxyl groups excluding tert-OH is 1. The third-order valence-electron chi connectivity index (χ3n) is 2.29. The molecule has 1 amide bonds. The van der Waals surface area contributed by atoms with Gasteiger partial charge in [-0.2, -0.15) is 0 Å². The second kappa shape index (κ2) is 6.07. The Bertz CT molecular complexity index is 395. The molecule has 1 aromatic rings. The monoisotopic (exact) mass is 240 g/mol. The molecule has 0 saturated carbocycles. The first-order valence-corrected chi connectivity index (χ1v) is 5.19. The van der Waals surface area contributed by atoms with E-state index in [2.05, 4.69) is 5.32 Å². The van der Waals surface area contributed by atoms with Crippen LogP contribution < -0.4 is 11.1 Å². The molecule has 1 rings (SSSR count). The zero-order chi connectivity index (χ0) is 12.8. The van der Waals surface area contributed by atoms with Crippen molar-refractivity contribution in [2.75, 3.05) is 13.2 Å². The number of nitrogens with one attached hydrogen (secondary N) is 1. The van der Waals surface area contributed by atoms with Crippen LogP contribution in [0.15, 0.2) is 18.2 Å². The van der Waals surface area contributed by atoms with Crippen LogP contribution in [0.2, 0.25) is 0 Å². The fourth-order valence-electron chi connectivity index (χ4n) is 1.31. The van der Waals surface area contributed by atoms with E-state index < -0.39 is 18.6 Å². The van der Waals surface area contributed by atoms with Crippen LogP contribution in [-0.2, 0) is 11.2 Å². The van der Waals surface area contributed by atoms with Gasteiger partial charge >= 0.3 is 0 Å². The van der Waals surface area contributed by atoms with E-state index in [-0.39, 0.29) is 18.0 Å². The van der Waals surface area contributed by atoms with Crippen LogP contribution in [0.3, 0.4) is 0 Å². The molecule has 0 spiro atoms. The van der Waals surface area contributed by atoms with Gasteiger partial charge in [0.2, 0.25) is 5.91 Å². The van der Waals surface area contributed by atoms with Crippen LogP contribution in [0, 0.1) is 0 Å². The zero-order valence-corrected chi connectivity index (χ0v) is 9.26. The molecule has 0 aliphatic carbocycles. The van der Waals surface area contributed by atoms with Gasteiger partial charge in [0.25, 0.3) is 0 Å². The molecule has 0 heterocycles. The van der Waals surface area contributed by atoms with Gasteiger partial charge in [-0.3, -0.25) is 4.79 Å². The average Bonchev–Trinajstić information content (AvgIpc) is 2.32. The maximum atomic E-state index is 11.2. The molecular formula is C11H16N2O4. The lowest BCUT2D eigenvalue weighted by molar-refractivity contribution is -0.123. The Balaban J connectivity index is 2.46. The Hall–Kier alpha value is -1.79. The number of carbonyl (C=O) groups is 1.